The summed E-state index contributed by atoms with van der Waals surface area (Å²) in [6.07, 6.45) is 0.884. The van der Waals surface area contributed by atoms with Crippen molar-refractivity contribution in [3.8, 4) is 5.75 Å². The zero-order chi connectivity index (χ0) is 20.5. The van der Waals surface area contributed by atoms with Gasteiger partial charge in [0.25, 0.3) is 11.8 Å². The van der Waals surface area contributed by atoms with E-state index in [-0.39, 0.29) is 18.5 Å². The fourth-order valence-electron chi connectivity index (χ4n) is 3.81. The number of nitrogens with zero attached hydrogens (tertiary/aromatic N) is 2. The highest BCUT2D eigenvalue weighted by atomic mass is 16.5. The molecule has 4 rings (SSSR count). The number of benzene rings is 2. The van der Waals surface area contributed by atoms with Crippen LogP contribution in [0.15, 0.2) is 42.5 Å². The summed E-state index contributed by atoms with van der Waals surface area (Å²) in [6, 6.07) is 12.7. The van der Waals surface area contributed by atoms with Crippen LogP contribution < -0.4 is 10.1 Å². The summed E-state index contributed by atoms with van der Waals surface area (Å²) in [5.41, 5.74) is 2.95. The first-order valence-corrected chi connectivity index (χ1v) is 9.59. The molecule has 0 aromatic heterocycles. The Morgan fingerprint density at radius 3 is 2.48 bits per heavy atom. The van der Waals surface area contributed by atoms with E-state index in [4.69, 9.17) is 4.74 Å². The molecule has 1 atom stereocenters. The summed E-state index contributed by atoms with van der Waals surface area (Å²) in [4.78, 5) is 40.4. The number of hydrogen-bond acceptors (Lipinski definition) is 5. The van der Waals surface area contributed by atoms with E-state index in [1.54, 1.807) is 24.3 Å². The van der Waals surface area contributed by atoms with E-state index >= 15 is 0 Å². The Labute approximate surface area is 169 Å². The van der Waals surface area contributed by atoms with Crippen LogP contribution in [0.5, 0.6) is 5.75 Å². The zero-order valence-electron chi connectivity index (χ0n) is 16.5. The molecule has 0 radical (unpaired) electrons. The van der Waals surface area contributed by atoms with Crippen LogP contribution >= 0.6 is 0 Å². The number of fused-ring (bicyclic) bond motifs is 2. The van der Waals surface area contributed by atoms with Crippen molar-refractivity contribution in [2.75, 3.05) is 33.8 Å². The summed E-state index contributed by atoms with van der Waals surface area (Å²) < 4.78 is 5.56. The van der Waals surface area contributed by atoms with Crippen LogP contribution in [-0.4, -0.2) is 61.3 Å². The Hall–Kier alpha value is -3.19. The maximum Gasteiger partial charge on any atom is 0.262 e. The Kier molecular flexibility index (Phi) is 5.07. The van der Waals surface area contributed by atoms with E-state index < -0.39 is 11.8 Å². The van der Waals surface area contributed by atoms with E-state index in [1.165, 1.54) is 5.56 Å². The van der Waals surface area contributed by atoms with Gasteiger partial charge in [-0.15, -0.1) is 0 Å². The maximum atomic E-state index is 12.5. The van der Waals surface area contributed by atoms with Gasteiger partial charge < -0.3 is 15.0 Å². The molecule has 2 aliphatic heterocycles. The van der Waals surface area contributed by atoms with Crippen molar-refractivity contribution < 1.29 is 19.1 Å². The van der Waals surface area contributed by atoms with Gasteiger partial charge in [0.1, 0.15) is 12.3 Å². The minimum atomic E-state index is -0.427. The topological polar surface area (TPSA) is 79.0 Å². The zero-order valence-corrected chi connectivity index (χ0v) is 16.5. The van der Waals surface area contributed by atoms with E-state index in [1.807, 2.05) is 31.1 Å². The number of nitrogens with one attached hydrogen (secondary N) is 1. The van der Waals surface area contributed by atoms with Gasteiger partial charge in [-0.2, -0.15) is 0 Å². The number of carbonyl (C=O) groups excluding carboxylic acids is 3. The van der Waals surface area contributed by atoms with E-state index in [0.717, 1.165) is 22.6 Å². The number of likely N-dealkylation sites (N-methyl/N-ethyl adjacent to an activating group) is 1. The van der Waals surface area contributed by atoms with E-state index in [2.05, 4.69) is 11.4 Å². The number of rotatable bonds is 6. The van der Waals surface area contributed by atoms with Crippen LogP contribution in [0.4, 0.5) is 0 Å². The minimum Gasteiger partial charge on any atom is -0.493 e. The van der Waals surface area contributed by atoms with Crippen LogP contribution in [0.25, 0.3) is 0 Å². The molecule has 2 aliphatic rings. The molecule has 2 aromatic carbocycles. The standard InChI is InChI=1S/C22H23N3O4/c1-24(2)18(14-7-8-19-15(11-14)9-10-29-19)12-23-20(26)13-25-21(27)16-5-3-4-6-17(16)22(25)28/h3-8,11,18H,9-10,12-13H2,1-2H3,(H,23,26). The monoisotopic (exact) mass is 393 g/mol. The first-order valence-electron chi connectivity index (χ1n) is 9.59. The van der Waals surface area contributed by atoms with Gasteiger partial charge >= 0.3 is 0 Å². The lowest BCUT2D eigenvalue weighted by Crippen LogP contribution is -2.42. The third-order valence-electron chi connectivity index (χ3n) is 5.39. The number of ether oxygens (including phenoxy) is 1. The smallest absolute Gasteiger partial charge is 0.262 e. The van der Waals surface area contributed by atoms with Crippen molar-refractivity contribution in [1.82, 2.24) is 15.1 Å². The molecule has 2 heterocycles. The first-order chi connectivity index (χ1) is 14.0. The van der Waals surface area contributed by atoms with Crippen molar-refractivity contribution in [2.45, 2.75) is 12.5 Å². The molecule has 1 unspecified atom stereocenters. The molecule has 3 amide bonds. The largest absolute Gasteiger partial charge is 0.493 e. The van der Waals surface area contributed by atoms with Gasteiger partial charge in [0.05, 0.1) is 23.8 Å². The van der Waals surface area contributed by atoms with Crippen LogP contribution in [0.2, 0.25) is 0 Å². The highest BCUT2D eigenvalue weighted by Crippen LogP contribution is 2.29. The van der Waals surface area contributed by atoms with Crippen molar-refractivity contribution in [2.24, 2.45) is 0 Å². The normalized spacial score (nSPS) is 15.9. The number of hydrogen-bond donors (Lipinski definition) is 1. The van der Waals surface area contributed by atoms with Crippen molar-refractivity contribution >= 4 is 17.7 Å². The third-order valence-corrected chi connectivity index (χ3v) is 5.39. The molecular weight excluding hydrogens is 370 g/mol. The lowest BCUT2D eigenvalue weighted by atomic mass is 10.0. The Morgan fingerprint density at radius 2 is 1.83 bits per heavy atom. The lowest BCUT2D eigenvalue weighted by Gasteiger charge is -2.26. The van der Waals surface area contributed by atoms with Crippen LogP contribution in [0, 0.1) is 0 Å². The van der Waals surface area contributed by atoms with E-state index in [9.17, 15) is 14.4 Å². The number of amides is 3. The van der Waals surface area contributed by atoms with Crippen LogP contribution in [0.1, 0.15) is 37.9 Å². The summed E-state index contributed by atoms with van der Waals surface area (Å²) >= 11 is 0. The predicted octanol–water partition coefficient (Wildman–Crippen LogP) is 1.64. The number of imide groups is 1. The second-order valence-corrected chi connectivity index (χ2v) is 7.49. The second-order valence-electron chi connectivity index (χ2n) is 7.49. The quantitative estimate of drug-likeness (QED) is 0.755. The molecule has 0 spiro atoms. The molecule has 0 saturated heterocycles. The van der Waals surface area contributed by atoms with Crippen molar-refractivity contribution in [3.05, 3.63) is 64.7 Å². The fourth-order valence-corrected chi connectivity index (χ4v) is 3.81. The second kappa shape index (κ2) is 7.67. The fraction of sp³-hybridized carbons (Fsp3) is 0.318. The Balaban J connectivity index is 1.41. The maximum absolute atomic E-state index is 12.5. The van der Waals surface area contributed by atoms with E-state index in [0.29, 0.717) is 24.3 Å². The Bertz CT molecular complexity index is 951. The van der Waals surface area contributed by atoms with Gasteiger partial charge in [0.15, 0.2) is 0 Å². The van der Waals surface area contributed by atoms with Gasteiger partial charge in [-0.1, -0.05) is 24.3 Å². The summed E-state index contributed by atoms with van der Waals surface area (Å²) in [6.45, 7) is 0.779. The van der Waals surface area contributed by atoms with Crippen LogP contribution in [-0.2, 0) is 11.2 Å². The molecule has 7 heteroatoms. The lowest BCUT2D eigenvalue weighted by molar-refractivity contribution is -0.121. The molecule has 150 valence electrons. The number of carbonyl (C=O) groups is 3. The average Bonchev–Trinajstić information content (AvgIpc) is 3.27. The van der Waals surface area contributed by atoms with Gasteiger partial charge in [-0.25, -0.2) is 0 Å². The minimum absolute atomic E-state index is 0.0352. The summed E-state index contributed by atoms with van der Waals surface area (Å²) in [7, 11) is 3.90. The molecule has 0 bridgehead atoms. The van der Waals surface area contributed by atoms with Gasteiger partial charge in [-0.3, -0.25) is 19.3 Å². The molecule has 0 fully saturated rings. The molecular formula is C22H23N3O4. The highest BCUT2D eigenvalue weighted by molar-refractivity contribution is 6.22. The summed E-state index contributed by atoms with van der Waals surface area (Å²) in [5.74, 6) is -0.302. The Morgan fingerprint density at radius 1 is 1.14 bits per heavy atom. The van der Waals surface area contributed by atoms with Crippen LogP contribution in [0.3, 0.4) is 0 Å². The molecule has 7 nitrogen and oxygen atoms in total. The average molecular weight is 393 g/mol. The third kappa shape index (κ3) is 3.61. The highest BCUT2D eigenvalue weighted by Gasteiger charge is 2.36. The molecule has 0 aliphatic carbocycles. The molecule has 2 aromatic rings. The molecule has 0 saturated carbocycles. The molecule has 1 N–H and O–H groups in total. The predicted molar refractivity (Wildman–Crippen MR) is 107 cm³/mol. The van der Waals surface area contributed by atoms with Crippen molar-refractivity contribution in [3.63, 3.8) is 0 Å². The van der Waals surface area contributed by atoms with Gasteiger partial charge in [0.2, 0.25) is 5.91 Å². The van der Waals surface area contributed by atoms with Gasteiger partial charge in [-0.05, 0) is 43.4 Å². The van der Waals surface area contributed by atoms with Gasteiger partial charge in [0, 0.05) is 13.0 Å². The van der Waals surface area contributed by atoms with Crippen molar-refractivity contribution in [1.29, 1.82) is 0 Å². The SMILES string of the molecule is CN(C)C(CNC(=O)CN1C(=O)c2ccccc2C1=O)c1ccc2c(c1)CCO2. The molecule has 29 heavy (non-hydrogen) atoms. The summed E-state index contributed by atoms with van der Waals surface area (Å²) in [5, 5.41) is 2.87. The first kappa shape index (κ1) is 19.1.